The lowest BCUT2D eigenvalue weighted by atomic mass is 10.1. The summed E-state index contributed by atoms with van der Waals surface area (Å²) in [4.78, 5) is 41.9. The molecule has 0 aliphatic carbocycles. The molecule has 10 nitrogen and oxygen atoms in total. The molecule has 30 heavy (non-hydrogen) atoms. The van der Waals surface area contributed by atoms with Crippen LogP contribution in [-0.2, 0) is 30.5 Å². The van der Waals surface area contributed by atoms with Gasteiger partial charge in [0.15, 0.2) is 26.8 Å². The van der Waals surface area contributed by atoms with Crippen LogP contribution in [0.15, 0.2) is 22.0 Å². The topological polar surface area (TPSA) is 118 Å². The van der Waals surface area contributed by atoms with Crippen molar-refractivity contribution in [2.24, 2.45) is 14.1 Å². The van der Waals surface area contributed by atoms with Gasteiger partial charge in [-0.2, -0.15) is 0 Å². The number of ketones is 1. The Morgan fingerprint density at radius 3 is 2.53 bits per heavy atom. The van der Waals surface area contributed by atoms with Gasteiger partial charge in [-0.05, 0) is 26.3 Å². The maximum Gasteiger partial charge on any atom is 0.332 e. The maximum atomic E-state index is 13.1. The summed E-state index contributed by atoms with van der Waals surface area (Å²) in [5, 5.41) is 0. The van der Waals surface area contributed by atoms with E-state index in [-0.39, 0.29) is 41.0 Å². The van der Waals surface area contributed by atoms with Crippen molar-refractivity contribution in [2.45, 2.75) is 32.9 Å². The number of nitrogens with zero attached hydrogens (tertiary/aromatic N) is 5. The van der Waals surface area contributed by atoms with Crippen molar-refractivity contribution in [1.82, 2.24) is 23.3 Å². The highest BCUT2D eigenvalue weighted by Gasteiger charge is 2.31. The number of Topliss-reactive ketones (excluding diaryl/α,β-unsaturated/α-hetero) is 1. The zero-order valence-electron chi connectivity index (χ0n) is 17.2. The molecule has 1 atom stereocenters. The fraction of sp³-hybridized carbons (Fsp3) is 0.474. The number of aromatic nitrogens is 5. The van der Waals surface area contributed by atoms with Crippen molar-refractivity contribution < 1.29 is 13.2 Å². The molecule has 0 saturated carbocycles. The zero-order chi connectivity index (χ0) is 22.0. The summed E-state index contributed by atoms with van der Waals surface area (Å²) >= 11 is 0. The molecule has 0 radical (unpaired) electrons. The Labute approximate surface area is 172 Å². The number of rotatable bonds is 4. The van der Waals surface area contributed by atoms with Crippen LogP contribution in [0.2, 0.25) is 0 Å². The Morgan fingerprint density at radius 2 is 1.90 bits per heavy atom. The molecule has 11 heteroatoms. The van der Waals surface area contributed by atoms with E-state index in [4.69, 9.17) is 0 Å². The van der Waals surface area contributed by atoms with Crippen LogP contribution in [-0.4, -0.2) is 49.0 Å². The number of aryl methyl sites for hydroxylation is 2. The summed E-state index contributed by atoms with van der Waals surface area (Å²) in [6, 6.07) is 1.59. The second kappa shape index (κ2) is 6.79. The molecule has 0 N–H and O–H groups in total. The molecule has 1 aliphatic rings. The molecule has 4 heterocycles. The van der Waals surface area contributed by atoms with Crippen LogP contribution < -0.4 is 11.2 Å². The third kappa shape index (κ3) is 3.04. The minimum atomic E-state index is -3.05. The Morgan fingerprint density at radius 1 is 1.20 bits per heavy atom. The molecule has 1 aliphatic heterocycles. The van der Waals surface area contributed by atoms with E-state index in [0.29, 0.717) is 17.7 Å². The second-order valence-electron chi connectivity index (χ2n) is 7.89. The molecule has 160 valence electrons. The largest absolute Gasteiger partial charge is 0.344 e. The molecule has 3 aromatic rings. The lowest BCUT2D eigenvalue weighted by molar-refractivity contribution is 0.0972. The highest BCUT2D eigenvalue weighted by molar-refractivity contribution is 7.91. The van der Waals surface area contributed by atoms with Gasteiger partial charge in [-0.25, -0.2) is 18.2 Å². The van der Waals surface area contributed by atoms with Crippen LogP contribution in [0, 0.1) is 13.8 Å². The molecule has 1 saturated heterocycles. The highest BCUT2D eigenvalue weighted by atomic mass is 32.2. The van der Waals surface area contributed by atoms with Crippen molar-refractivity contribution in [3.05, 3.63) is 50.2 Å². The minimum absolute atomic E-state index is 0.0766. The normalized spacial score (nSPS) is 18.3. The Balaban J connectivity index is 1.72. The van der Waals surface area contributed by atoms with Crippen LogP contribution in [0.4, 0.5) is 0 Å². The standard InChI is InChI=1S/C19H23N5O5S/c1-11-7-14(12(2)24(11)13-5-6-30(28,29)9-13)15(25)8-23-10-20-17-16(23)18(26)22(4)19(27)21(17)3/h7,10,13H,5-6,8-9H2,1-4H3/t13-/m0/s1. The molecule has 1 fully saturated rings. The summed E-state index contributed by atoms with van der Waals surface area (Å²) in [6.07, 6.45) is 1.91. The van der Waals surface area contributed by atoms with Gasteiger partial charge in [0.05, 0.1) is 24.4 Å². The third-order valence-electron chi connectivity index (χ3n) is 5.89. The molecule has 0 spiro atoms. The van der Waals surface area contributed by atoms with E-state index in [0.717, 1.165) is 10.3 Å². The number of carbonyl (C=O) groups is 1. The Bertz CT molecular complexity index is 1420. The van der Waals surface area contributed by atoms with E-state index in [1.165, 1.54) is 29.6 Å². The van der Waals surface area contributed by atoms with Crippen molar-refractivity contribution in [2.75, 3.05) is 11.5 Å². The van der Waals surface area contributed by atoms with Crippen LogP contribution in [0.1, 0.15) is 34.2 Å². The second-order valence-corrected chi connectivity index (χ2v) is 10.1. The van der Waals surface area contributed by atoms with Crippen molar-refractivity contribution >= 4 is 26.8 Å². The number of imidazole rings is 1. The number of carbonyl (C=O) groups excluding carboxylic acids is 1. The number of sulfone groups is 1. The van der Waals surface area contributed by atoms with Gasteiger partial charge in [-0.1, -0.05) is 0 Å². The lowest BCUT2D eigenvalue weighted by Crippen LogP contribution is -2.37. The third-order valence-corrected chi connectivity index (χ3v) is 7.64. The van der Waals surface area contributed by atoms with Crippen molar-refractivity contribution in [1.29, 1.82) is 0 Å². The highest BCUT2D eigenvalue weighted by Crippen LogP contribution is 2.29. The van der Waals surface area contributed by atoms with Crippen LogP contribution in [0.25, 0.3) is 11.2 Å². The van der Waals surface area contributed by atoms with Gasteiger partial charge in [0.25, 0.3) is 5.56 Å². The number of fused-ring (bicyclic) bond motifs is 1. The van der Waals surface area contributed by atoms with E-state index in [1.54, 1.807) is 13.0 Å². The SMILES string of the molecule is Cc1cc(C(=O)Cn2cnc3c2c(=O)n(C)c(=O)n3C)c(C)n1[C@H]1CCS(=O)(=O)C1. The summed E-state index contributed by atoms with van der Waals surface area (Å²) in [6.45, 7) is 3.55. The zero-order valence-corrected chi connectivity index (χ0v) is 18.1. The van der Waals surface area contributed by atoms with E-state index >= 15 is 0 Å². The van der Waals surface area contributed by atoms with E-state index in [1.807, 2.05) is 11.5 Å². The fourth-order valence-electron chi connectivity index (χ4n) is 4.36. The maximum absolute atomic E-state index is 13.1. The first-order chi connectivity index (χ1) is 14.0. The lowest BCUT2D eigenvalue weighted by Gasteiger charge is -2.16. The van der Waals surface area contributed by atoms with Gasteiger partial charge in [0.1, 0.15) is 0 Å². The molecule has 0 aromatic carbocycles. The average molecular weight is 433 g/mol. The molecule has 0 unspecified atom stereocenters. The minimum Gasteiger partial charge on any atom is -0.344 e. The first kappa shape index (κ1) is 20.3. The fourth-order valence-corrected chi connectivity index (χ4v) is 6.06. The first-order valence-electron chi connectivity index (χ1n) is 9.54. The summed E-state index contributed by atoms with van der Waals surface area (Å²) in [5.74, 6) is 0.0132. The smallest absolute Gasteiger partial charge is 0.332 e. The summed E-state index contributed by atoms with van der Waals surface area (Å²) in [5.41, 5.74) is 1.43. The molecular formula is C19H23N5O5S. The monoisotopic (exact) mass is 433 g/mol. The average Bonchev–Trinajstić information content (AvgIpc) is 3.33. The van der Waals surface area contributed by atoms with Crippen LogP contribution in [0.3, 0.4) is 0 Å². The van der Waals surface area contributed by atoms with E-state index < -0.39 is 21.1 Å². The van der Waals surface area contributed by atoms with Crippen LogP contribution >= 0.6 is 0 Å². The van der Waals surface area contributed by atoms with Gasteiger partial charge < -0.3 is 9.13 Å². The van der Waals surface area contributed by atoms with Gasteiger partial charge in [0.2, 0.25) is 0 Å². The number of hydrogen-bond acceptors (Lipinski definition) is 6. The van der Waals surface area contributed by atoms with Crippen molar-refractivity contribution in [3.63, 3.8) is 0 Å². The van der Waals surface area contributed by atoms with Crippen LogP contribution in [0.5, 0.6) is 0 Å². The van der Waals surface area contributed by atoms with E-state index in [2.05, 4.69) is 4.98 Å². The van der Waals surface area contributed by atoms with Gasteiger partial charge in [-0.3, -0.25) is 18.7 Å². The predicted octanol–water partition coefficient (Wildman–Crippen LogP) is 0.0945. The molecular weight excluding hydrogens is 410 g/mol. The molecule has 3 aromatic heterocycles. The summed E-state index contributed by atoms with van der Waals surface area (Å²) in [7, 11) is -0.151. The predicted molar refractivity (Wildman–Crippen MR) is 111 cm³/mol. The van der Waals surface area contributed by atoms with Gasteiger partial charge >= 0.3 is 5.69 Å². The van der Waals surface area contributed by atoms with Gasteiger partial charge in [-0.15, -0.1) is 0 Å². The van der Waals surface area contributed by atoms with E-state index in [9.17, 15) is 22.8 Å². The molecule has 0 bridgehead atoms. The quantitative estimate of drug-likeness (QED) is 0.539. The molecule has 4 rings (SSSR count). The van der Waals surface area contributed by atoms with Gasteiger partial charge in [0, 0.05) is 37.1 Å². The van der Waals surface area contributed by atoms with Crippen molar-refractivity contribution in [3.8, 4) is 0 Å². The Kier molecular flexibility index (Phi) is 4.60. The first-order valence-corrected chi connectivity index (χ1v) is 11.4. The molecule has 0 amide bonds. The number of hydrogen-bond donors (Lipinski definition) is 0. The summed E-state index contributed by atoms with van der Waals surface area (Å²) < 4.78 is 29.4. The Hall–Kier alpha value is -2.95.